The maximum absolute atomic E-state index is 12.0. The molecular weight excluding hydrogens is 238 g/mol. The molecule has 0 radical (unpaired) electrons. The minimum atomic E-state index is -0.0452. The summed E-state index contributed by atoms with van der Waals surface area (Å²) in [6.07, 6.45) is 4.11. The summed E-state index contributed by atoms with van der Waals surface area (Å²) in [6, 6.07) is 10.4. The average Bonchev–Trinajstić information content (AvgIpc) is 2.72. The van der Waals surface area contributed by atoms with Crippen molar-refractivity contribution in [3.8, 4) is 0 Å². The molecule has 1 aliphatic heterocycles. The van der Waals surface area contributed by atoms with Gasteiger partial charge in [-0.25, -0.2) is 4.79 Å². The molecule has 2 rings (SSSR count). The summed E-state index contributed by atoms with van der Waals surface area (Å²) >= 11 is 0. The predicted octanol–water partition coefficient (Wildman–Crippen LogP) is 3.55. The van der Waals surface area contributed by atoms with Crippen molar-refractivity contribution in [2.45, 2.75) is 52.1 Å². The summed E-state index contributed by atoms with van der Waals surface area (Å²) in [6.45, 7) is 4.97. The highest BCUT2D eigenvalue weighted by atomic mass is 16.7. The zero-order valence-electron chi connectivity index (χ0n) is 11.8. The number of benzene rings is 1. The van der Waals surface area contributed by atoms with Gasteiger partial charge in [0.2, 0.25) is 0 Å². The van der Waals surface area contributed by atoms with Gasteiger partial charge in [0.05, 0.1) is 18.5 Å². The molecule has 19 heavy (non-hydrogen) atoms. The maximum atomic E-state index is 12.0. The van der Waals surface area contributed by atoms with Gasteiger partial charge in [-0.05, 0) is 18.4 Å². The number of carbonyl (C=O) groups excluding carboxylic acids is 1. The van der Waals surface area contributed by atoms with Crippen LogP contribution >= 0.6 is 0 Å². The number of hydroxylamine groups is 2. The van der Waals surface area contributed by atoms with Crippen molar-refractivity contribution in [2.24, 2.45) is 5.92 Å². The molecule has 104 valence electrons. The Morgan fingerprint density at radius 3 is 2.58 bits per heavy atom. The number of hydrogen-bond donors (Lipinski definition) is 0. The molecule has 1 aromatic rings. The molecule has 1 heterocycles. The van der Waals surface area contributed by atoms with Crippen molar-refractivity contribution in [1.82, 2.24) is 5.06 Å². The normalized spacial score (nSPS) is 23.6. The minimum absolute atomic E-state index is 0.0452. The van der Waals surface area contributed by atoms with E-state index in [0.717, 1.165) is 25.7 Å². The summed E-state index contributed by atoms with van der Waals surface area (Å²) in [4.78, 5) is 17.5. The van der Waals surface area contributed by atoms with Crippen LogP contribution in [0.25, 0.3) is 0 Å². The lowest BCUT2D eigenvalue weighted by Crippen LogP contribution is -2.31. The Balaban J connectivity index is 2.03. The summed E-state index contributed by atoms with van der Waals surface area (Å²) in [5.41, 5.74) is 1.19. The highest BCUT2D eigenvalue weighted by Gasteiger charge is 2.41. The first-order valence-corrected chi connectivity index (χ1v) is 7.28. The van der Waals surface area contributed by atoms with Gasteiger partial charge < -0.3 is 4.84 Å². The number of nitrogens with zero attached hydrogens (tertiary/aromatic N) is 1. The predicted molar refractivity (Wildman–Crippen MR) is 75.2 cm³/mol. The lowest BCUT2D eigenvalue weighted by atomic mass is 9.93. The Labute approximate surface area is 115 Å². The van der Waals surface area contributed by atoms with E-state index in [4.69, 9.17) is 4.84 Å². The summed E-state index contributed by atoms with van der Waals surface area (Å²) in [7, 11) is 0. The molecular formula is C16H23NO2. The SMILES string of the molecule is CCCC[C@H]1C(=O)ON(Cc2ccccc2)[C@@H]1CC. The molecule has 0 unspecified atom stereocenters. The first kappa shape index (κ1) is 14.1. The van der Waals surface area contributed by atoms with Crippen molar-refractivity contribution in [1.29, 1.82) is 0 Å². The quantitative estimate of drug-likeness (QED) is 0.784. The monoisotopic (exact) mass is 261 g/mol. The molecule has 2 atom stereocenters. The Morgan fingerprint density at radius 1 is 1.21 bits per heavy atom. The van der Waals surface area contributed by atoms with Gasteiger partial charge in [-0.3, -0.25) is 0 Å². The molecule has 3 heteroatoms. The zero-order chi connectivity index (χ0) is 13.7. The molecule has 1 aromatic carbocycles. The molecule has 0 bridgehead atoms. The van der Waals surface area contributed by atoms with Crippen molar-refractivity contribution >= 4 is 5.97 Å². The summed E-state index contributed by atoms with van der Waals surface area (Å²) in [5.74, 6) is 0.00453. The van der Waals surface area contributed by atoms with Gasteiger partial charge in [-0.2, -0.15) is 0 Å². The van der Waals surface area contributed by atoms with Crippen LogP contribution in [0.4, 0.5) is 0 Å². The van der Waals surface area contributed by atoms with Crippen molar-refractivity contribution in [3.05, 3.63) is 35.9 Å². The van der Waals surface area contributed by atoms with Crippen LogP contribution in [0.3, 0.4) is 0 Å². The van der Waals surface area contributed by atoms with Crippen LogP contribution in [0.15, 0.2) is 30.3 Å². The fourth-order valence-electron chi connectivity index (χ4n) is 2.74. The number of rotatable bonds is 6. The van der Waals surface area contributed by atoms with Crippen LogP contribution < -0.4 is 0 Å². The van der Waals surface area contributed by atoms with Gasteiger partial charge in [0.1, 0.15) is 0 Å². The molecule has 0 aliphatic carbocycles. The standard InChI is InChI=1S/C16H23NO2/c1-3-5-11-14-15(4-2)17(19-16(14)18)12-13-9-7-6-8-10-13/h6-10,14-15H,3-5,11-12H2,1-2H3/t14-,15-/m1/s1. The van der Waals surface area contributed by atoms with E-state index in [1.807, 2.05) is 23.3 Å². The molecule has 3 nitrogen and oxygen atoms in total. The van der Waals surface area contributed by atoms with Gasteiger partial charge in [-0.1, -0.05) is 57.0 Å². The van der Waals surface area contributed by atoms with E-state index in [0.29, 0.717) is 6.54 Å². The van der Waals surface area contributed by atoms with Gasteiger partial charge in [0.15, 0.2) is 0 Å². The van der Waals surface area contributed by atoms with Gasteiger partial charge in [0.25, 0.3) is 0 Å². The number of carbonyl (C=O) groups is 1. The lowest BCUT2D eigenvalue weighted by Gasteiger charge is -2.22. The first-order valence-electron chi connectivity index (χ1n) is 7.28. The molecule has 0 saturated carbocycles. The molecule has 1 fully saturated rings. The van der Waals surface area contributed by atoms with E-state index in [9.17, 15) is 4.79 Å². The third-order valence-corrected chi connectivity index (χ3v) is 3.81. The third kappa shape index (κ3) is 3.35. The second-order valence-corrected chi connectivity index (χ2v) is 5.20. The first-order chi connectivity index (χ1) is 9.26. The van der Waals surface area contributed by atoms with E-state index >= 15 is 0 Å². The van der Waals surface area contributed by atoms with Crippen LogP contribution in [0, 0.1) is 5.92 Å². The van der Waals surface area contributed by atoms with E-state index < -0.39 is 0 Å². The molecule has 1 aliphatic rings. The topological polar surface area (TPSA) is 29.5 Å². The molecule has 1 saturated heterocycles. The summed E-state index contributed by atoms with van der Waals surface area (Å²) in [5, 5.41) is 1.87. The zero-order valence-corrected chi connectivity index (χ0v) is 11.8. The summed E-state index contributed by atoms with van der Waals surface area (Å²) < 4.78 is 0. The highest BCUT2D eigenvalue weighted by Crippen LogP contribution is 2.30. The van der Waals surface area contributed by atoms with Gasteiger partial charge in [-0.15, -0.1) is 5.06 Å². The Bertz CT molecular complexity index is 404. The van der Waals surface area contributed by atoms with Gasteiger partial charge >= 0.3 is 5.97 Å². The van der Waals surface area contributed by atoms with Crippen LogP contribution in [-0.4, -0.2) is 17.1 Å². The smallest absolute Gasteiger partial charge is 0.329 e. The average molecular weight is 261 g/mol. The van der Waals surface area contributed by atoms with E-state index in [2.05, 4.69) is 26.0 Å². The number of hydrogen-bond acceptors (Lipinski definition) is 3. The van der Waals surface area contributed by atoms with Crippen LogP contribution in [-0.2, 0) is 16.2 Å². The van der Waals surface area contributed by atoms with E-state index in [-0.39, 0.29) is 17.9 Å². The second kappa shape index (κ2) is 6.71. The van der Waals surface area contributed by atoms with E-state index in [1.54, 1.807) is 0 Å². The van der Waals surface area contributed by atoms with Crippen molar-refractivity contribution in [2.75, 3.05) is 0 Å². The maximum Gasteiger partial charge on any atom is 0.329 e. The van der Waals surface area contributed by atoms with E-state index in [1.165, 1.54) is 5.56 Å². The minimum Gasteiger partial charge on any atom is -0.367 e. The van der Waals surface area contributed by atoms with Crippen molar-refractivity contribution < 1.29 is 9.63 Å². The van der Waals surface area contributed by atoms with Crippen LogP contribution in [0.1, 0.15) is 45.1 Å². The Kier molecular flexibility index (Phi) is 4.97. The largest absolute Gasteiger partial charge is 0.367 e. The Hall–Kier alpha value is -1.35. The molecule has 0 aromatic heterocycles. The fourth-order valence-corrected chi connectivity index (χ4v) is 2.74. The molecule has 0 N–H and O–H groups in total. The van der Waals surface area contributed by atoms with Gasteiger partial charge in [0, 0.05) is 0 Å². The Morgan fingerprint density at radius 2 is 1.95 bits per heavy atom. The molecule has 0 amide bonds. The second-order valence-electron chi connectivity index (χ2n) is 5.20. The van der Waals surface area contributed by atoms with Crippen LogP contribution in [0.5, 0.6) is 0 Å². The lowest BCUT2D eigenvalue weighted by molar-refractivity contribution is -0.178. The van der Waals surface area contributed by atoms with Crippen molar-refractivity contribution in [3.63, 3.8) is 0 Å². The third-order valence-electron chi connectivity index (χ3n) is 3.81. The highest BCUT2D eigenvalue weighted by molar-refractivity contribution is 5.74. The molecule has 0 spiro atoms. The van der Waals surface area contributed by atoms with Crippen LogP contribution in [0.2, 0.25) is 0 Å². The fraction of sp³-hybridized carbons (Fsp3) is 0.562. The number of unbranched alkanes of at least 4 members (excludes halogenated alkanes) is 1.